The molecule has 8 nitrogen and oxygen atoms in total. The van der Waals surface area contributed by atoms with Crippen LogP contribution in [-0.4, -0.2) is 40.8 Å². The smallest absolute Gasteiger partial charge is 0.417 e. The zero-order valence-electron chi connectivity index (χ0n) is 19.9. The number of hydrogen-bond donors (Lipinski definition) is 3. The van der Waals surface area contributed by atoms with Crippen LogP contribution in [0.15, 0.2) is 53.3 Å². The molecule has 11 heteroatoms. The van der Waals surface area contributed by atoms with Gasteiger partial charge >= 0.3 is 18.2 Å². The van der Waals surface area contributed by atoms with Gasteiger partial charge in [-0.25, -0.2) is 4.79 Å². The summed E-state index contributed by atoms with van der Waals surface area (Å²) in [6, 6.07) is 10.2. The number of cyclic esters (lactones) is 1. The van der Waals surface area contributed by atoms with Crippen molar-refractivity contribution < 1.29 is 32.6 Å². The van der Waals surface area contributed by atoms with Gasteiger partial charge in [0.15, 0.2) is 0 Å². The summed E-state index contributed by atoms with van der Waals surface area (Å²) < 4.78 is 45.8. The van der Waals surface area contributed by atoms with Gasteiger partial charge in [0.05, 0.1) is 12.1 Å². The Hall–Kier alpha value is -3.86. The van der Waals surface area contributed by atoms with Gasteiger partial charge in [-0.3, -0.25) is 14.5 Å². The molecule has 1 aliphatic rings. The highest BCUT2D eigenvalue weighted by atomic mass is 19.4. The fourth-order valence-corrected chi connectivity index (χ4v) is 4.50. The van der Waals surface area contributed by atoms with Crippen LogP contribution in [-0.2, 0) is 15.7 Å². The first-order valence-electron chi connectivity index (χ1n) is 11.8. The number of ether oxygens (including phenoxy) is 1. The molecule has 1 aliphatic heterocycles. The lowest BCUT2D eigenvalue weighted by molar-refractivity contribution is -0.140. The quantitative estimate of drug-likeness (QED) is 0.396. The largest absolute Gasteiger partial charge is 0.480 e. The van der Waals surface area contributed by atoms with E-state index in [0.717, 1.165) is 6.07 Å². The Morgan fingerprint density at radius 1 is 1.22 bits per heavy atom. The minimum atomic E-state index is -4.58. The maximum Gasteiger partial charge on any atom is 0.417 e. The summed E-state index contributed by atoms with van der Waals surface area (Å²) in [5.41, 5.74) is 4.52. The molecule has 0 spiro atoms. The van der Waals surface area contributed by atoms with Crippen molar-refractivity contribution in [2.24, 2.45) is 11.7 Å². The fourth-order valence-electron chi connectivity index (χ4n) is 4.50. The monoisotopic (exact) mass is 517 g/mol. The van der Waals surface area contributed by atoms with Crippen molar-refractivity contribution in [1.82, 2.24) is 4.98 Å². The molecule has 1 saturated heterocycles. The lowest BCUT2D eigenvalue weighted by Gasteiger charge is -2.17. The number of carbonyl (C=O) groups excluding carboxylic acids is 1. The van der Waals surface area contributed by atoms with E-state index < -0.39 is 41.5 Å². The molecule has 1 fully saturated rings. The number of nitrogens with one attached hydrogen (secondary N) is 1. The van der Waals surface area contributed by atoms with Crippen LogP contribution in [0.25, 0.3) is 22.0 Å². The normalized spacial score (nSPS) is 17.6. The van der Waals surface area contributed by atoms with Crippen LogP contribution in [0.2, 0.25) is 0 Å². The van der Waals surface area contributed by atoms with Crippen molar-refractivity contribution in [3.8, 4) is 11.3 Å². The Morgan fingerprint density at radius 3 is 2.65 bits per heavy atom. The van der Waals surface area contributed by atoms with Crippen LogP contribution >= 0.6 is 0 Å². The number of nitrogens with two attached hydrogens (primary N) is 1. The first-order valence-corrected chi connectivity index (χ1v) is 11.8. The number of hydrogen-bond acceptors (Lipinski definition) is 5. The van der Waals surface area contributed by atoms with E-state index in [1.54, 1.807) is 19.1 Å². The van der Waals surface area contributed by atoms with Crippen molar-refractivity contribution >= 4 is 28.5 Å². The summed E-state index contributed by atoms with van der Waals surface area (Å²) in [5.74, 6) is -1.29. The predicted octanol–water partition coefficient (Wildman–Crippen LogP) is 4.76. The van der Waals surface area contributed by atoms with Gasteiger partial charge in [0, 0.05) is 22.3 Å². The Labute approximate surface area is 209 Å². The molecule has 37 heavy (non-hydrogen) atoms. The Bertz CT molecular complexity index is 1390. The second kappa shape index (κ2) is 10.3. The maximum atomic E-state index is 13.5. The molecule has 0 saturated carbocycles. The Kier molecular flexibility index (Phi) is 7.26. The summed E-state index contributed by atoms with van der Waals surface area (Å²) in [6.45, 7) is 2.00. The number of aromatic nitrogens is 1. The molecule has 1 amide bonds. The Balaban J connectivity index is 1.51. The number of aliphatic carboxylic acids is 1. The zero-order chi connectivity index (χ0) is 26.9. The van der Waals surface area contributed by atoms with Crippen molar-refractivity contribution in [3.05, 3.63) is 64.4 Å². The van der Waals surface area contributed by atoms with Crippen molar-refractivity contribution in [2.45, 2.75) is 44.5 Å². The average molecular weight is 518 g/mol. The number of fused-ring (bicyclic) bond motifs is 1. The van der Waals surface area contributed by atoms with Crippen LogP contribution < -0.4 is 16.2 Å². The molecule has 1 unspecified atom stereocenters. The number of anilines is 1. The molecule has 1 aromatic heterocycles. The molecule has 4 rings (SSSR count). The van der Waals surface area contributed by atoms with Gasteiger partial charge in [0.1, 0.15) is 12.1 Å². The number of nitrogens with zero attached hydrogens (tertiary/aromatic N) is 1. The number of H-pyrrole nitrogens is 1. The van der Waals surface area contributed by atoms with Gasteiger partial charge in [0.25, 0.3) is 5.56 Å². The van der Waals surface area contributed by atoms with E-state index in [2.05, 4.69) is 4.98 Å². The molecular weight excluding hydrogens is 491 g/mol. The predicted molar refractivity (Wildman–Crippen MR) is 131 cm³/mol. The molecule has 3 aromatic rings. The number of carbonyl (C=O) groups is 2. The van der Waals surface area contributed by atoms with E-state index in [1.165, 1.54) is 35.2 Å². The number of alkyl halides is 3. The first kappa shape index (κ1) is 26.2. The molecule has 4 N–H and O–H groups in total. The molecule has 196 valence electrons. The number of rotatable bonds is 8. The van der Waals surface area contributed by atoms with Crippen molar-refractivity contribution in [3.63, 3.8) is 0 Å². The summed E-state index contributed by atoms with van der Waals surface area (Å²) in [4.78, 5) is 40.2. The van der Waals surface area contributed by atoms with Gasteiger partial charge in [-0.05, 0) is 54.8 Å². The number of pyridine rings is 1. The van der Waals surface area contributed by atoms with E-state index in [-0.39, 0.29) is 29.1 Å². The summed E-state index contributed by atoms with van der Waals surface area (Å²) in [6.07, 6.45) is -3.86. The van der Waals surface area contributed by atoms with Crippen LogP contribution in [0.1, 0.15) is 31.7 Å². The van der Waals surface area contributed by atoms with Crippen LogP contribution in [0, 0.1) is 5.92 Å². The first-order chi connectivity index (χ1) is 17.5. The van der Waals surface area contributed by atoms with E-state index >= 15 is 0 Å². The second-order valence-electron chi connectivity index (χ2n) is 9.22. The van der Waals surface area contributed by atoms with Gasteiger partial charge in [-0.1, -0.05) is 31.2 Å². The second-order valence-corrected chi connectivity index (χ2v) is 9.22. The molecule has 3 atom stereocenters. The van der Waals surface area contributed by atoms with Gasteiger partial charge in [-0.2, -0.15) is 13.2 Å². The number of carboxylic acids is 1. The maximum absolute atomic E-state index is 13.5. The standard InChI is InChI=1S/C26H26F3N3O5/c1-14(22(30)24(34)35)5-4-6-17-13-32(25(36)37-17)16-10-9-15-11-21(31-23(33)19(15)12-16)18-7-2-3-8-20(18)26(27,28)29/h2-3,7-12,14,17,22H,4-6,13,30H2,1H3,(H,31,33)(H,34,35)/t14-,17?,22-/m1/s1. The average Bonchev–Trinajstić information content (AvgIpc) is 3.22. The van der Waals surface area contributed by atoms with E-state index in [1.807, 2.05) is 0 Å². The van der Waals surface area contributed by atoms with Crippen LogP contribution in [0.4, 0.5) is 23.7 Å². The molecule has 0 radical (unpaired) electrons. The van der Waals surface area contributed by atoms with Gasteiger partial charge in [-0.15, -0.1) is 0 Å². The molecule has 2 aromatic carbocycles. The molecule has 0 aliphatic carbocycles. The minimum Gasteiger partial charge on any atom is -0.480 e. The number of amides is 1. The molecule has 2 heterocycles. The minimum absolute atomic E-state index is 0.0377. The Morgan fingerprint density at radius 2 is 1.95 bits per heavy atom. The number of carboxylic acid groups (broad SMARTS) is 1. The number of aromatic amines is 1. The third-order valence-corrected chi connectivity index (χ3v) is 6.62. The highest BCUT2D eigenvalue weighted by molar-refractivity contribution is 5.94. The van der Waals surface area contributed by atoms with Gasteiger partial charge in [0.2, 0.25) is 0 Å². The van der Waals surface area contributed by atoms with Gasteiger partial charge < -0.3 is 20.6 Å². The fraction of sp³-hybridized carbons (Fsp3) is 0.346. The van der Waals surface area contributed by atoms with E-state index in [0.29, 0.717) is 30.3 Å². The van der Waals surface area contributed by atoms with E-state index in [9.17, 15) is 27.6 Å². The molecule has 0 bridgehead atoms. The van der Waals surface area contributed by atoms with Crippen molar-refractivity contribution in [2.75, 3.05) is 11.4 Å². The molecular formula is C26H26F3N3O5. The highest BCUT2D eigenvalue weighted by Crippen LogP contribution is 2.37. The lowest BCUT2D eigenvalue weighted by atomic mass is 9.95. The summed E-state index contributed by atoms with van der Waals surface area (Å²) in [5, 5.41) is 9.64. The van der Waals surface area contributed by atoms with E-state index in [4.69, 9.17) is 15.6 Å². The SMILES string of the molecule is C[C@H](CCCC1CN(c2ccc3cc(-c4ccccc4C(F)(F)F)[nH]c(=O)c3c2)C(=O)O1)[C@@H](N)C(=O)O. The third kappa shape index (κ3) is 5.61. The third-order valence-electron chi connectivity index (χ3n) is 6.62. The number of benzene rings is 2. The number of halogens is 3. The van der Waals surface area contributed by atoms with Crippen LogP contribution in [0.3, 0.4) is 0 Å². The van der Waals surface area contributed by atoms with Crippen LogP contribution in [0.5, 0.6) is 0 Å². The summed E-state index contributed by atoms with van der Waals surface area (Å²) in [7, 11) is 0. The topological polar surface area (TPSA) is 126 Å². The lowest BCUT2D eigenvalue weighted by Crippen LogP contribution is -2.36. The summed E-state index contributed by atoms with van der Waals surface area (Å²) >= 11 is 0. The zero-order valence-corrected chi connectivity index (χ0v) is 19.9. The highest BCUT2D eigenvalue weighted by Gasteiger charge is 2.34. The van der Waals surface area contributed by atoms with Crippen molar-refractivity contribution in [1.29, 1.82) is 0 Å².